The molecular formula is C10H11NO4. The molecule has 0 amide bonds. The zero-order chi connectivity index (χ0) is 11.1. The average Bonchev–Trinajstić information content (AvgIpc) is 2.24. The van der Waals surface area contributed by atoms with E-state index in [1.165, 1.54) is 6.20 Å². The largest absolute Gasteiger partial charge is 0.458 e. The van der Waals surface area contributed by atoms with E-state index in [2.05, 4.69) is 4.98 Å². The maximum atomic E-state index is 11.4. The van der Waals surface area contributed by atoms with Crippen molar-refractivity contribution in [1.82, 2.24) is 4.98 Å². The minimum absolute atomic E-state index is 0.0767. The van der Waals surface area contributed by atoms with Crippen molar-refractivity contribution in [2.45, 2.75) is 25.6 Å². The van der Waals surface area contributed by atoms with Crippen LogP contribution in [-0.4, -0.2) is 16.1 Å². The monoisotopic (exact) mass is 209 g/mol. The first-order valence-corrected chi connectivity index (χ1v) is 4.70. The van der Waals surface area contributed by atoms with Crippen LogP contribution in [0.2, 0.25) is 0 Å². The molecule has 5 heteroatoms. The number of cyclic esters (lactones) is 1. The number of hydrogen-bond donors (Lipinski definition) is 2. The molecule has 0 aromatic carbocycles. The van der Waals surface area contributed by atoms with Gasteiger partial charge in [-0.25, -0.2) is 4.79 Å². The zero-order valence-electron chi connectivity index (χ0n) is 8.24. The number of fused-ring (bicyclic) bond motifs is 1. The second-order valence-corrected chi connectivity index (χ2v) is 3.49. The molecule has 1 aliphatic heterocycles. The van der Waals surface area contributed by atoms with E-state index in [1.54, 1.807) is 13.0 Å². The van der Waals surface area contributed by atoms with Crippen LogP contribution in [-0.2, 0) is 21.7 Å². The smallest absolute Gasteiger partial charge is 0.343 e. The minimum atomic E-state index is -1.68. The van der Waals surface area contributed by atoms with Crippen LogP contribution in [0.5, 0.6) is 0 Å². The van der Waals surface area contributed by atoms with Crippen molar-refractivity contribution in [3.63, 3.8) is 0 Å². The first-order chi connectivity index (χ1) is 7.09. The Morgan fingerprint density at radius 3 is 3.00 bits per heavy atom. The molecule has 15 heavy (non-hydrogen) atoms. The van der Waals surface area contributed by atoms with Gasteiger partial charge in [0, 0.05) is 11.8 Å². The predicted molar refractivity (Wildman–Crippen MR) is 51.0 cm³/mol. The Kier molecular flexibility index (Phi) is 2.12. The molecule has 1 aromatic rings. The number of nitrogens with one attached hydrogen (secondary N) is 1. The number of rotatable bonds is 1. The molecular weight excluding hydrogens is 198 g/mol. The number of pyridine rings is 1. The van der Waals surface area contributed by atoms with E-state index in [0.717, 1.165) is 0 Å². The minimum Gasteiger partial charge on any atom is -0.458 e. The average molecular weight is 209 g/mol. The lowest BCUT2D eigenvalue weighted by Gasteiger charge is -2.30. The van der Waals surface area contributed by atoms with Crippen LogP contribution >= 0.6 is 0 Å². The van der Waals surface area contributed by atoms with Gasteiger partial charge < -0.3 is 14.8 Å². The van der Waals surface area contributed by atoms with Gasteiger partial charge in [0.15, 0.2) is 5.60 Å². The standard InChI is InChI=1S/C10H11NO4/c1-2-10(14)7-3-4-11-8(12)6(7)5-15-9(10)13/h3-4,14H,2,5H2,1H3,(H,11,12)/t10-/m1/s1. The van der Waals surface area contributed by atoms with E-state index in [-0.39, 0.29) is 18.6 Å². The van der Waals surface area contributed by atoms with Crippen molar-refractivity contribution >= 4 is 5.97 Å². The molecule has 2 heterocycles. The summed E-state index contributed by atoms with van der Waals surface area (Å²) in [5.41, 5.74) is -1.33. The quantitative estimate of drug-likeness (QED) is 0.639. The third-order valence-corrected chi connectivity index (χ3v) is 2.71. The van der Waals surface area contributed by atoms with Gasteiger partial charge in [-0.3, -0.25) is 4.79 Å². The summed E-state index contributed by atoms with van der Waals surface area (Å²) in [7, 11) is 0. The van der Waals surface area contributed by atoms with Crippen molar-refractivity contribution in [3.8, 4) is 0 Å². The molecule has 2 N–H and O–H groups in total. The van der Waals surface area contributed by atoms with Gasteiger partial charge in [0.1, 0.15) is 6.61 Å². The zero-order valence-corrected chi connectivity index (χ0v) is 8.24. The Labute approximate surface area is 85.7 Å². The summed E-state index contributed by atoms with van der Waals surface area (Å²) in [6.07, 6.45) is 1.60. The predicted octanol–water partition coefficient (Wildman–Crippen LogP) is 0.0293. The van der Waals surface area contributed by atoms with E-state index in [1.807, 2.05) is 0 Å². The highest BCUT2D eigenvalue weighted by Gasteiger charge is 2.43. The fourth-order valence-electron chi connectivity index (χ4n) is 1.74. The summed E-state index contributed by atoms with van der Waals surface area (Å²) in [4.78, 5) is 25.3. The van der Waals surface area contributed by atoms with Crippen molar-refractivity contribution in [3.05, 3.63) is 33.7 Å². The number of ether oxygens (including phenoxy) is 1. The maximum absolute atomic E-state index is 11.4. The molecule has 0 unspecified atom stereocenters. The lowest BCUT2D eigenvalue weighted by molar-refractivity contribution is -0.172. The Bertz CT molecular complexity index is 465. The van der Waals surface area contributed by atoms with E-state index >= 15 is 0 Å². The SMILES string of the molecule is CC[C@]1(O)C(=O)OCc2c1cc[nH]c2=O. The summed E-state index contributed by atoms with van der Waals surface area (Å²) in [6, 6.07) is 1.54. The lowest BCUT2D eigenvalue weighted by Crippen LogP contribution is -2.43. The van der Waals surface area contributed by atoms with Crippen molar-refractivity contribution < 1.29 is 14.6 Å². The van der Waals surface area contributed by atoms with Gasteiger partial charge in [0.05, 0.1) is 5.56 Å². The number of aliphatic hydroxyl groups is 1. The number of carbonyl (C=O) groups excluding carboxylic acids is 1. The number of esters is 1. The van der Waals surface area contributed by atoms with Crippen LogP contribution < -0.4 is 5.56 Å². The van der Waals surface area contributed by atoms with Gasteiger partial charge in [-0.2, -0.15) is 0 Å². The summed E-state index contributed by atoms with van der Waals surface area (Å²) < 4.78 is 4.78. The van der Waals surface area contributed by atoms with Gasteiger partial charge in [0.25, 0.3) is 5.56 Å². The third-order valence-electron chi connectivity index (χ3n) is 2.71. The number of aromatic amines is 1. The number of aromatic nitrogens is 1. The molecule has 80 valence electrons. The van der Waals surface area contributed by atoms with Gasteiger partial charge in [-0.1, -0.05) is 6.92 Å². The van der Waals surface area contributed by atoms with Crippen molar-refractivity contribution in [1.29, 1.82) is 0 Å². The second-order valence-electron chi connectivity index (χ2n) is 3.49. The Balaban J connectivity index is 2.69. The normalized spacial score (nSPS) is 24.5. The molecule has 5 nitrogen and oxygen atoms in total. The fraction of sp³-hybridized carbons (Fsp3) is 0.400. The molecule has 2 rings (SSSR count). The highest BCUT2D eigenvalue weighted by Crippen LogP contribution is 2.31. The van der Waals surface area contributed by atoms with Crippen LogP contribution in [0, 0.1) is 0 Å². The number of H-pyrrole nitrogens is 1. The summed E-state index contributed by atoms with van der Waals surface area (Å²) in [5, 5.41) is 10.1. The van der Waals surface area contributed by atoms with Gasteiger partial charge >= 0.3 is 5.97 Å². The highest BCUT2D eigenvalue weighted by molar-refractivity contribution is 5.82. The third kappa shape index (κ3) is 1.27. The van der Waals surface area contributed by atoms with E-state index in [0.29, 0.717) is 11.1 Å². The first-order valence-electron chi connectivity index (χ1n) is 4.70. The van der Waals surface area contributed by atoms with Crippen LogP contribution in [0.1, 0.15) is 24.5 Å². The second kappa shape index (κ2) is 3.20. The van der Waals surface area contributed by atoms with E-state index in [4.69, 9.17) is 4.74 Å². The Morgan fingerprint density at radius 2 is 2.33 bits per heavy atom. The molecule has 0 spiro atoms. The number of hydrogen-bond acceptors (Lipinski definition) is 4. The van der Waals surface area contributed by atoms with Crippen LogP contribution in [0.25, 0.3) is 0 Å². The van der Waals surface area contributed by atoms with Crippen LogP contribution in [0.4, 0.5) is 0 Å². The molecule has 0 aliphatic carbocycles. The maximum Gasteiger partial charge on any atom is 0.343 e. The Morgan fingerprint density at radius 1 is 1.60 bits per heavy atom. The molecule has 0 saturated heterocycles. The molecule has 0 radical (unpaired) electrons. The first kappa shape index (κ1) is 9.92. The molecule has 1 atom stereocenters. The lowest BCUT2D eigenvalue weighted by atomic mass is 9.87. The van der Waals surface area contributed by atoms with Gasteiger partial charge in [0.2, 0.25) is 0 Å². The molecule has 0 bridgehead atoms. The Hall–Kier alpha value is -1.62. The topological polar surface area (TPSA) is 79.4 Å². The molecule has 0 fully saturated rings. The molecule has 1 aromatic heterocycles. The van der Waals surface area contributed by atoms with Gasteiger partial charge in [-0.05, 0) is 12.5 Å². The summed E-state index contributed by atoms with van der Waals surface area (Å²) in [6.45, 7) is 1.59. The number of carbonyl (C=O) groups is 1. The van der Waals surface area contributed by atoms with Gasteiger partial charge in [-0.15, -0.1) is 0 Å². The summed E-state index contributed by atoms with van der Waals surface area (Å²) in [5.74, 6) is -0.692. The fourth-order valence-corrected chi connectivity index (χ4v) is 1.74. The molecule has 1 aliphatic rings. The van der Waals surface area contributed by atoms with E-state index < -0.39 is 11.6 Å². The molecule has 0 saturated carbocycles. The van der Waals surface area contributed by atoms with Crippen LogP contribution in [0.15, 0.2) is 17.1 Å². The van der Waals surface area contributed by atoms with Crippen molar-refractivity contribution in [2.75, 3.05) is 0 Å². The van der Waals surface area contributed by atoms with E-state index in [9.17, 15) is 14.7 Å². The van der Waals surface area contributed by atoms with Crippen molar-refractivity contribution in [2.24, 2.45) is 0 Å². The summed E-state index contributed by atoms with van der Waals surface area (Å²) >= 11 is 0. The van der Waals surface area contributed by atoms with Crippen LogP contribution in [0.3, 0.4) is 0 Å². The highest BCUT2D eigenvalue weighted by atomic mass is 16.6.